The molecule has 1 fully saturated rings. The molecule has 1 aliphatic rings. The van der Waals surface area contributed by atoms with E-state index in [0.717, 1.165) is 6.92 Å². The first-order valence-corrected chi connectivity index (χ1v) is 1.88. The Morgan fingerprint density at radius 1 is 1.12 bits per heavy atom. The van der Waals surface area contributed by atoms with E-state index < -0.39 is 12.3 Å². The van der Waals surface area contributed by atoms with Crippen LogP contribution in [0.1, 0.15) is 6.92 Å². The summed E-state index contributed by atoms with van der Waals surface area (Å²) in [5.74, 6) is 0. The minimum absolute atomic E-state index is 0.754. The van der Waals surface area contributed by atoms with E-state index in [1.54, 1.807) is 0 Å². The van der Waals surface area contributed by atoms with Crippen molar-refractivity contribution < 1.29 is 22.6 Å². The lowest BCUT2D eigenvalue weighted by Gasteiger charge is -2.36. The van der Waals surface area contributed by atoms with Gasteiger partial charge in [-0.05, 0) is 0 Å². The van der Waals surface area contributed by atoms with Gasteiger partial charge >= 0.3 is 12.3 Å². The topological polar surface area (TPSA) is 18.5 Å². The average molecular weight is 128 g/mol. The Morgan fingerprint density at radius 3 is 1.50 bits per heavy atom. The summed E-state index contributed by atoms with van der Waals surface area (Å²) in [5, 5.41) is 0. The van der Waals surface area contributed by atoms with Crippen LogP contribution in [0.5, 0.6) is 0 Å². The maximum Gasteiger partial charge on any atom is 0.494 e. The largest absolute Gasteiger partial charge is 0.494 e. The van der Waals surface area contributed by atoms with Crippen molar-refractivity contribution >= 4 is 0 Å². The van der Waals surface area contributed by atoms with Crippen LogP contribution in [0.4, 0.5) is 13.2 Å². The Morgan fingerprint density at radius 2 is 1.50 bits per heavy atom. The Balaban J connectivity index is 2.42. The fraction of sp³-hybridized carbons (Fsp3) is 1.00. The highest BCUT2D eigenvalue weighted by molar-refractivity contribution is 4.57. The van der Waals surface area contributed by atoms with E-state index in [2.05, 4.69) is 9.47 Å². The summed E-state index contributed by atoms with van der Waals surface area (Å²) < 4.78 is 41.1. The molecule has 0 aliphatic carbocycles. The molecule has 0 aromatic carbocycles. The first-order chi connectivity index (χ1) is 3.41. The quantitative estimate of drug-likeness (QED) is 0.488. The molecule has 1 aliphatic heterocycles. The van der Waals surface area contributed by atoms with Crippen LogP contribution in [0.15, 0.2) is 0 Å². The van der Waals surface area contributed by atoms with E-state index in [0.29, 0.717) is 0 Å². The highest BCUT2D eigenvalue weighted by Gasteiger charge is 2.58. The van der Waals surface area contributed by atoms with E-state index in [-0.39, 0.29) is 0 Å². The van der Waals surface area contributed by atoms with Crippen LogP contribution in [0.25, 0.3) is 0 Å². The number of hydrogen-bond acceptors (Lipinski definition) is 2. The highest BCUT2D eigenvalue weighted by atomic mass is 19.3. The van der Waals surface area contributed by atoms with Crippen molar-refractivity contribution in [1.29, 1.82) is 0 Å². The summed E-state index contributed by atoms with van der Waals surface area (Å²) in [6.45, 7) is 0.754. The third-order valence-electron chi connectivity index (χ3n) is 0.602. The first kappa shape index (κ1) is 5.84. The van der Waals surface area contributed by atoms with Crippen LogP contribution in [0.2, 0.25) is 0 Å². The fourth-order valence-electron chi connectivity index (χ4n) is 0.432. The minimum Gasteiger partial charge on any atom is -0.233 e. The Kier molecular flexibility index (Phi) is 0.850. The number of rotatable bonds is 0. The molecule has 0 spiro atoms. The van der Waals surface area contributed by atoms with E-state index in [1.807, 2.05) is 0 Å². The van der Waals surface area contributed by atoms with Gasteiger partial charge in [0.25, 0.3) is 0 Å². The van der Waals surface area contributed by atoms with Crippen LogP contribution < -0.4 is 0 Å². The van der Waals surface area contributed by atoms with E-state index in [1.165, 1.54) is 0 Å². The molecule has 0 radical (unpaired) electrons. The zero-order valence-corrected chi connectivity index (χ0v) is 3.95. The van der Waals surface area contributed by atoms with Gasteiger partial charge < -0.3 is 0 Å². The molecule has 0 saturated carbocycles. The van der Waals surface area contributed by atoms with Crippen molar-refractivity contribution in [2.24, 2.45) is 0 Å². The molecule has 48 valence electrons. The SMILES string of the molecule is CC1(F)OC(F)(F)O1. The monoisotopic (exact) mass is 128 g/mol. The molecule has 0 aromatic rings. The van der Waals surface area contributed by atoms with Gasteiger partial charge in [0.05, 0.1) is 0 Å². The second kappa shape index (κ2) is 1.16. The molecule has 0 N–H and O–H groups in total. The van der Waals surface area contributed by atoms with Crippen molar-refractivity contribution in [2.75, 3.05) is 0 Å². The lowest BCUT2D eigenvalue weighted by molar-refractivity contribution is -0.628. The third kappa shape index (κ3) is 0.924. The molecule has 0 bridgehead atoms. The predicted molar refractivity (Wildman–Crippen MR) is 16.6 cm³/mol. The summed E-state index contributed by atoms with van der Waals surface area (Å²) in [7, 11) is 0. The highest BCUT2D eigenvalue weighted by Crippen LogP contribution is 2.40. The summed E-state index contributed by atoms with van der Waals surface area (Å²) in [4.78, 5) is 0. The van der Waals surface area contributed by atoms with E-state index in [9.17, 15) is 13.2 Å². The molecule has 0 amide bonds. The van der Waals surface area contributed by atoms with Crippen LogP contribution in [0.3, 0.4) is 0 Å². The molecule has 2 nitrogen and oxygen atoms in total. The van der Waals surface area contributed by atoms with E-state index >= 15 is 0 Å². The van der Waals surface area contributed by atoms with Crippen molar-refractivity contribution in [2.45, 2.75) is 19.3 Å². The van der Waals surface area contributed by atoms with Crippen molar-refractivity contribution in [1.82, 2.24) is 0 Å². The molecular weight excluding hydrogens is 125 g/mol. The van der Waals surface area contributed by atoms with Crippen molar-refractivity contribution in [3.05, 3.63) is 0 Å². The molecular formula is C3H3F3O2. The van der Waals surface area contributed by atoms with Gasteiger partial charge in [0.2, 0.25) is 0 Å². The predicted octanol–water partition coefficient (Wildman–Crippen LogP) is 1.23. The molecule has 0 aromatic heterocycles. The number of ether oxygens (including phenoxy) is 2. The standard InChI is InChI=1S/C3H3F3O2/c1-2(4)7-3(5,6)8-2/h1H3. The maximum absolute atomic E-state index is 11.8. The zero-order chi connectivity index (χ0) is 6.41. The van der Waals surface area contributed by atoms with Crippen LogP contribution in [-0.4, -0.2) is 12.3 Å². The fourth-order valence-corrected chi connectivity index (χ4v) is 0.432. The van der Waals surface area contributed by atoms with Gasteiger partial charge in [-0.2, -0.15) is 4.39 Å². The van der Waals surface area contributed by atoms with Crippen molar-refractivity contribution in [3.8, 4) is 0 Å². The average Bonchev–Trinajstić information content (AvgIpc) is 1.20. The van der Waals surface area contributed by atoms with Crippen LogP contribution >= 0.6 is 0 Å². The molecule has 0 atom stereocenters. The van der Waals surface area contributed by atoms with Gasteiger partial charge in [0, 0.05) is 6.92 Å². The van der Waals surface area contributed by atoms with Crippen molar-refractivity contribution in [3.63, 3.8) is 0 Å². The van der Waals surface area contributed by atoms with Gasteiger partial charge in [-0.3, -0.25) is 0 Å². The number of halogens is 3. The second-order valence-corrected chi connectivity index (χ2v) is 1.50. The Labute approximate surface area is 43.2 Å². The zero-order valence-electron chi connectivity index (χ0n) is 3.95. The van der Waals surface area contributed by atoms with E-state index in [4.69, 9.17) is 0 Å². The Hall–Kier alpha value is -0.290. The molecule has 1 saturated heterocycles. The second-order valence-electron chi connectivity index (χ2n) is 1.50. The van der Waals surface area contributed by atoms with Gasteiger partial charge in [-0.15, -0.1) is 8.78 Å². The molecule has 8 heavy (non-hydrogen) atoms. The maximum atomic E-state index is 11.8. The lowest BCUT2D eigenvalue weighted by Crippen LogP contribution is -2.53. The summed E-state index contributed by atoms with van der Waals surface area (Å²) in [5.41, 5.74) is 0. The molecule has 0 unspecified atom stereocenters. The smallest absolute Gasteiger partial charge is 0.233 e. The van der Waals surface area contributed by atoms with Gasteiger partial charge in [0.1, 0.15) is 0 Å². The first-order valence-electron chi connectivity index (χ1n) is 1.88. The Bertz CT molecular complexity index is 89.1. The normalized spacial score (nSPS) is 31.5. The van der Waals surface area contributed by atoms with Gasteiger partial charge in [0.15, 0.2) is 0 Å². The summed E-state index contributed by atoms with van der Waals surface area (Å²) in [6.07, 6.45) is -3.72. The van der Waals surface area contributed by atoms with Crippen LogP contribution in [-0.2, 0) is 9.47 Å². The molecule has 1 heterocycles. The summed E-state index contributed by atoms with van der Waals surface area (Å²) in [6, 6.07) is -2.59. The molecule has 1 rings (SSSR count). The number of alkyl halides is 3. The third-order valence-corrected chi connectivity index (χ3v) is 0.602. The number of hydrogen-bond donors (Lipinski definition) is 0. The van der Waals surface area contributed by atoms with Gasteiger partial charge in [-0.1, -0.05) is 0 Å². The molecule has 5 heteroatoms. The minimum atomic E-state index is -3.72. The van der Waals surface area contributed by atoms with Gasteiger partial charge in [-0.25, -0.2) is 9.47 Å². The summed E-state index contributed by atoms with van der Waals surface area (Å²) >= 11 is 0. The van der Waals surface area contributed by atoms with Crippen LogP contribution in [0, 0.1) is 0 Å². The lowest BCUT2D eigenvalue weighted by atomic mass is 10.6.